The fourth-order valence-corrected chi connectivity index (χ4v) is 3.03. The van der Waals surface area contributed by atoms with Crippen LogP contribution in [0.15, 0.2) is 23.2 Å². The van der Waals surface area contributed by atoms with Crippen molar-refractivity contribution in [2.45, 2.75) is 11.3 Å². The molecule has 0 saturated carbocycles. The van der Waals surface area contributed by atoms with Crippen LogP contribution in [0.1, 0.15) is 6.42 Å². The number of aromatic nitrogens is 1. The van der Waals surface area contributed by atoms with Gasteiger partial charge in [-0.2, -0.15) is 4.31 Å². The fourth-order valence-electron chi connectivity index (χ4n) is 1.62. The van der Waals surface area contributed by atoms with Gasteiger partial charge < -0.3 is 15.2 Å². The molecular weight excluding hydrogens is 282 g/mol. The Morgan fingerprint density at radius 3 is 2.45 bits per heavy atom. The number of ether oxygens (including phenoxy) is 2. The second-order valence-corrected chi connectivity index (χ2v) is 6.10. The van der Waals surface area contributed by atoms with Gasteiger partial charge in [0.25, 0.3) is 0 Å². The second-order valence-electron chi connectivity index (χ2n) is 4.16. The Kier molecular flexibility index (Phi) is 6.86. The number of nitrogens with two attached hydrogens (primary N) is 1. The first-order valence-electron chi connectivity index (χ1n) is 6.22. The third-order valence-electron chi connectivity index (χ3n) is 2.70. The van der Waals surface area contributed by atoms with Crippen LogP contribution in [0.25, 0.3) is 0 Å². The van der Waals surface area contributed by atoms with Crippen LogP contribution in [-0.4, -0.2) is 58.2 Å². The predicted octanol–water partition coefficient (Wildman–Crippen LogP) is 0.337. The van der Waals surface area contributed by atoms with Crippen LogP contribution in [0.2, 0.25) is 0 Å². The van der Waals surface area contributed by atoms with E-state index in [9.17, 15) is 8.42 Å². The summed E-state index contributed by atoms with van der Waals surface area (Å²) in [6.07, 6.45) is 1.88. The van der Waals surface area contributed by atoms with Crippen LogP contribution in [0, 0.1) is 0 Å². The number of sulfonamides is 1. The summed E-state index contributed by atoms with van der Waals surface area (Å²) in [5.74, 6) is 0.284. The van der Waals surface area contributed by atoms with E-state index in [1.807, 2.05) is 0 Å². The van der Waals surface area contributed by atoms with Crippen molar-refractivity contribution in [1.29, 1.82) is 0 Å². The molecular formula is C12H21N3O4S. The molecule has 0 aliphatic rings. The molecule has 0 aliphatic carbocycles. The van der Waals surface area contributed by atoms with Crippen molar-refractivity contribution in [1.82, 2.24) is 9.29 Å². The van der Waals surface area contributed by atoms with Crippen LogP contribution in [0.3, 0.4) is 0 Å². The van der Waals surface area contributed by atoms with Gasteiger partial charge in [-0.1, -0.05) is 0 Å². The molecule has 0 atom stereocenters. The zero-order chi connectivity index (χ0) is 15.0. The fraction of sp³-hybridized carbons (Fsp3) is 0.583. The maximum Gasteiger partial charge on any atom is 0.244 e. The summed E-state index contributed by atoms with van der Waals surface area (Å²) in [5, 5.41) is 0. The third-order valence-corrected chi connectivity index (χ3v) is 4.58. The SMILES string of the molecule is COCCCN(CCOC)S(=O)(=O)c1ccc(N)nc1. The first kappa shape index (κ1) is 16.8. The zero-order valence-electron chi connectivity index (χ0n) is 11.8. The number of nitrogen functional groups attached to an aromatic ring is 1. The van der Waals surface area contributed by atoms with Gasteiger partial charge in [-0.15, -0.1) is 0 Å². The summed E-state index contributed by atoms with van der Waals surface area (Å²) in [7, 11) is -0.477. The number of rotatable bonds is 9. The van der Waals surface area contributed by atoms with Gasteiger partial charge in [0, 0.05) is 40.1 Å². The zero-order valence-corrected chi connectivity index (χ0v) is 12.6. The molecule has 114 valence electrons. The highest BCUT2D eigenvalue weighted by atomic mass is 32.2. The third kappa shape index (κ3) is 4.71. The molecule has 1 rings (SSSR count). The Bertz CT molecular complexity index is 490. The lowest BCUT2D eigenvalue weighted by Crippen LogP contribution is -2.35. The Hall–Kier alpha value is -1.22. The molecule has 8 heteroatoms. The van der Waals surface area contributed by atoms with Crippen LogP contribution in [0.5, 0.6) is 0 Å². The van der Waals surface area contributed by atoms with E-state index < -0.39 is 10.0 Å². The van der Waals surface area contributed by atoms with Crippen molar-refractivity contribution in [3.63, 3.8) is 0 Å². The van der Waals surface area contributed by atoms with Crippen molar-refractivity contribution in [2.24, 2.45) is 0 Å². The molecule has 0 amide bonds. The number of anilines is 1. The lowest BCUT2D eigenvalue weighted by Gasteiger charge is -2.21. The molecule has 0 radical (unpaired) electrons. The molecule has 20 heavy (non-hydrogen) atoms. The molecule has 7 nitrogen and oxygen atoms in total. The molecule has 0 spiro atoms. The summed E-state index contributed by atoms with van der Waals surface area (Å²) in [6.45, 7) is 1.48. The largest absolute Gasteiger partial charge is 0.385 e. The molecule has 0 aliphatic heterocycles. The van der Waals surface area contributed by atoms with Gasteiger partial charge in [0.1, 0.15) is 10.7 Å². The van der Waals surface area contributed by atoms with Gasteiger partial charge in [0.15, 0.2) is 0 Å². The summed E-state index contributed by atoms with van der Waals surface area (Å²) in [6, 6.07) is 2.92. The molecule has 0 bridgehead atoms. The first-order chi connectivity index (χ1) is 9.52. The Balaban J connectivity index is 2.88. The molecule has 0 fully saturated rings. The van der Waals surface area contributed by atoms with E-state index in [0.717, 1.165) is 0 Å². The van der Waals surface area contributed by atoms with E-state index in [-0.39, 0.29) is 17.3 Å². The minimum Gasteiger partial charge on any atom is -0.385 e. The maximum absolute atomic E-state index is 12.5. The summed E-state index contributed by atoms with van der Waals surface area (Å²) in [5.41, 5.74) is 5.47. The van der Waals surface area contributed by atoms with Crippen molar-refractivity contribution in [3.8, 4) is 0 Å². The number of hydrogen-bond acceptors (Lipinski definition) is 6. The standard InChI is InChI=1S/C12H21N3O4S/c1-18-8-3-6-15(7-9-19-2)20(16,17)11-4-5-12(13)14-10-11/h4-5,10H,3,6-9H2,1-2H3,(H2,13,14). The number of pyridine rings is 1. The number of nitrogens with zero attached hydrogens (tertiary/aromatic N) is 2. The predicted molar refractivity (Wildman–Crippen MR) is 75.8 cm³/mol. The molecule has 1 aromatic rings. The van der Waals surface area contributed by atoms with Gasteiger partial charge in [-0.25, -0.2) is 13.4 Å². The van der Waals surface area contributed by atoms with Crippen LogP contribution in [-0.2, 0) is 19.5 Å². The van der Waals surface area contributed by atoms with Crippen molar-refractivity contribution in [3.05, 3.63) is 18.3 Å². The van der Waals surface area contributed by atoms with Gasteiger partial charge in [0.2, 0.25) is 10.0 Å². The summed E-state index contributed by atoms with van der Waals surface area (Å²) in [4.78, 5) is 3.95. The average Bonchev–Trinajstić information content (AvgIpc) is 2.43. The smallest absolute Gasteiger partial charge is 0.244 e. The van der Waals surface area contributed by atoms with Crippen molar-refractivity contribution < 1.29 is 17.9 Å². The van der Waals surface area contributed by atoms with Gasteiger partial charge >= 0.3 is 0 Å². The van der Waals surface area contributed by atoms with E-state index in [1.165, 1.54) is 29.7 Å². The lowest BCUT2D eigenvalue weighted by atomic mass is 10.4. The molecule has 1 aromatic heterocycles. The quantitative estimate of drug-likeness (QED) is 0.661. The first-order valence-corrected chi connectivity index (χ1v) is 7.66. The minimum atomic E-state index is -3.59. The highest BCUT2D eigenvalue weighted by molar-refractivity contribution is 7.89. The van der Waals surface area contributed by atoms with Crippen LogP contribution < -0.4 is 5.73 Å². The monoisotopic (exact) mass is 303 g/mol. The van der Waals surface area contributed by atoms with Gasteiger partial charge in [-0.3, -0.25) is 0 Å². The summed E-state index contributed by atoms with van der Waals surface area (Å²) >= 11 is 0. The molecule has 2 N–H and O–H groups in total. The van der Waals surface area contributed by atoms with E-state index >= 15 is 0 Å². The Morgan fingerprint density at radius 1 is 1.20 bits per heavy atom. The lowest BCUT2D eigenvalue weighted by molar-refractivity contribution is 0.164. The Labute approximate surface area is 119 Å². The topological polar surface area (TPSA) is 94.8 Å². The van der Waals surface area contributed by atoms with E-state index in [0.29, 0.717) is 26.2 Å². The minimum absolute atomic E-state index is 0.125. The van der Waals surface area contributed by atoms with Crippen molar-refractivity contribution >= 4 is 15.8 Å². The van der Waals surface area contributed by atoms with Crippen LogP contribution in [0.4, 0.5) is 5.82 Å². The Morgan fingerprint density at radius 2 is 1.90 bits per heavy atom. The van der Waals surface area contributed by atoms with Crippen molar-refractivity contribution in [2.75, 3.05) is 46.3 Å². The van der Waals surface area contributed by atoms with E-state index in [1.54, 1.807) is 7.11 Å². The average molecular weight is 303 g/mol. The van der Waals surface area contributed by atoms with E-state index in [4.69, 9.17) is 15.2 Å². The maximum atomic E-state index is 12.5. The highest BCUT2D eigenvalue weighted by Gasteiger charge is 2.24. The number of methoxy groups -OCH3 is 2. The molecule has 0 unspecified atom stereocenters. The van der Waals surface area contributed by atoms with E-state index in [2.05, 4.69) is 4.98 Å². The molecule has 1 heterocycles. The second kappa shape index (κ2) is 8.15. The number of hydrogen-bond donors (Lipinski definition) is 1. The molecule has 0 saturated heterocycles. The normalized spacial score (nSPS) is 11.9. The van der Waals surface area contributed by atoms with Gasteiger partial charge in [-0.05, 0) is 18.6 Å². The summed E-state index contributed by atoms with van der Waals surface area (Å²) < 4.78 is 36.3. The highest BCUT2D eigenvalue weighted by Crippen LogP contribution is 2.15. The van der Waals surface area contributed by atoms with Crippen LogP contribution >= 0.6 is 0 Å². The van der Waals surface area contributed by atoms with Gasteiger partial charge in [0.05, 0.1) is 6.61 Å². The molecule has 0 aromatic carbocycles.